The highest BCUT2D eigenvalue weighted by atomic mass is 16.1. The Morgan fingerprint density at radius 2 is 1.78 bits per heavy atom. The van der Waals surface area contributed by atoms with E-state index in [1.807, 2.05) is 27.7 Å². The molecule has 0 saturated carbocycles. The van der Waals surface area contributed by atoms with Gasteiger partial charge in [0, 0.05) is 6.92 Å². The van der Waals surface area contributed by atoms with Gasteiger partial charge in [0.2, 0.25) is 5.91 Å². The van der Waals surface area contributed by atoms with Crippen molar-refractivity contribution in [2.24, 2.45) is 0 Å². The van der Waals surface area contributed by atoms with Crippen LogP contribution in [0.2, 0.25) is 0 Å². The van der Waals surface area contributed by atoms with Gasteiger partial charge in [0.25, 0.3) is 0 Å². The second kappa shape index (κ2) is 11.8. The summed E-state index contributed by atoms with van der Waals surface area (Å²) in [6, 6.07) is 0. The van der Waals surface area contributed by atoms with E-state index in [0.717, 1.165) is 0 Å². The monoisotopic (exact) mass is 256 g/mol. The number of hydrogen-bond donors (Lipinski definition) is 1. The molecule has 0 bridgehead atoms. The number of amides is 1. The average molecular weight is 256 g/mol. The summed E-state index contributed by atoms with van der Waals surface area (Å²) in [7, 11) is 0. The standard InChI is InChI=1S/C8H12N4O2.2C2H6/c1-6(13)4-12-5-8(10-11-12)3-9-7(2)14;2*1-2/h5H,3-4H2,1-2H3,(H,9,14);2*1-2H3. The SMILES string of the molecule is CC.CC.CC(=O)Cn1cc(CNC(C)=O)nn1. The number of aromatic nitrogens is 3. The molecule has 0 unspecified atom stereocenters. The van der Waals surface area contributed by atoms with Crippen molar-refractivity contribution in [3.8, 4) is 0 Å². The molecule has 1 heterocycles. The minimum absolute atomic E-state index is 0.0148. The summed E-state index contributed by atoms with van der Waals surface area (Å²) in [6.07, 6.45) is 1.64. The van der Waals surface area contributed by atoms with E-state index >= 15 is 0 Å². The third-order valence-corrected chi connectivity index (χ3v) is 1.49. The maximum Gasteiger partial charge on any atom is 0.217 e. The van der Waals surface area contributed by atoms with Crippen molar-refractivity contribution in [1.82, 2.24) is 20.3 Å². The number of nitrogens with zero attached hydrogens (tertiary/aromatic N) is 3. The molecule has 0 aromatic carbocycles. The molecule has 1 N–H and O–H groups in total. The summed E-state index contributed by atoms with van der Waals surface area (Å²) >= 11 is 0. The maximum atomic E-state index is 10.7. The molecule has 1 rings (SSSR count). The normalized spacial score (nSPS) is 8.33. The van der Waals surface area contributed by atoms with Crippen LogP contribution in [0.1, 0.15) is 47.2 Å². The van der Waals surface area contributed by atoms with Crippen molar-refractivity contribution in [2.75, 3.05) is 0 Å². The zero-order valence-corrected chi connectivity index (χ0v) is 12.1. The minimum Gasteiger partial charge on any atom is -0.351 e. The van der Waals surface area contributed by atoms with E-state index in [9.17, 15) is 9.59 Å². The fourth-order valence-corrected chi connectivity index (χ4v) is 0.940. The van der Waals surface area contributed by atoms with Crippen LogP contribution in [0, 0.1) is 0 Å². The zero-order valence-electron chi connectivity index (χ0n) is 12.1. The van der Waals surface area contributed by atoms with Gasteiger partial charge >= 0.3 is 0 Å². The van der Waals surface area contributed by atoms with E-state index in [2.05, 4.69) is 15.6 Å². The van der Waals surface area contributed by atoms with Crippen molar-refractivity contribution in [3.63, 3.8) is 0 Å². The third-order valence-electron chi connectivity index (χ3n) is 1.49. The van der Waals surface area contributed by atoms with E-state index in [1.54, 1.807) is 6.20 Å². The molecule has 0 spiro atoms. The number of carbonyl (C=O) groups is 2. The van der Waals surface area contributed by atoms with Gasteiger partial charge in [-0.25, -0.2) is 4.68 Å². The van der Waals surface area contributed by atoms with Crippen molar-refractivity contribution >= 4 is 11.7 Å². The molecule has 0 aliphatic heterocycles. The van der Waals surface area contributed by atoms with Crippen LogP contribution >= 0.6 is 0 Å². The molecule has 0 atom stereocenters. The summed E-state index contributed by atoms with van der Waals surface area (Å²) < 4.78 is 1.44. The lowest BCUT2D eigenvalue weighted by molar-refractivity contribution is -0.119. The van der Waals surface area contributed by atoms with Crippen LogP contribution in [-0.2, 0) is 22.7 Å². The first-order valence-electron chi connectivity index (χ1n) is 6.21. The zero-order chi connectivity index (χ0) is 14.6. The van der Waals surface area contributed by atoms with E-state index < -0.39 is 0 Å². The second-order valence-corrected chi connectivity index (χ2v) is 3.02. The fourth-order valence-electron chi connectivity index (χ4n) is 0.940. The first-order chi connectivity index (χ1) is 8.58. The van der Waals surface area contributed by atoms with Gasteiger partial charge in [-0.15, -0.1) is 5.10 Å². The molecule has 18 heavy (non-hydrogen) atoms. The average Bonchev–Trinajstić information content (AvgIpc) is 2.78. The van der Waals surface area contributed by atoms with Crippen molar-refractivity contribution in [1.29, 1.82) is 0 Å². The molecule has 0 saturated heterocycles. The topological polar surface area (TPSA) is 76.9 Å². The highest BCUT2D eigenvalue weighted by molar-refractivity contribution is 5.75. The van der Waals surface area contributed by atoms with Gasteiger partial charge in [0.1, 0.15) is 12.2 Å². The summed E-state index contributed by atoms with van der Waals surface area (Å²) in [4.78, 5) is 21.3. The predicted octanol–water partition coefficient (Wildman–Crippen LogP) is 1.56. The van der Waals surface area contributed by atoms with Crippen molar-refractivity contribution in [3.05, 3.63) is 11.9 Å². The predicted molar refractivity (Wildman–Crippen MR) is 70.9 cm³/mol. The largest absolute Gasteiger partial charge is 0.351 e. The lowest BCUT2D eigenvalue weighted by Crippen LogP contribution is -2.19. The van der Waals surface area contributed by atoms with Gasteiger partial charge in [-0.1, -0.05) is 32.9 Å². The fraction of sp³-hybridized carbons (Fsp3) is 0.667. The van der Waals surface area contributed by atoms with E-state index in [1.165, 1.54) is 18.5 Å². The Morgan fingerprint density at radius 1 is 1.22 bits per heavy atom. The summed E-state index contributed by atoms with van der Waals surface area (Å²) in [5, 5.41) is 10.1. The molecular weight excluding hydrogens is 232 g/mol. The van der Waals surface area contributed by atoms with E-state index in [0.29, 0.717) is 12.2 Å². The van der Waals surface area contributed by atoms with E-state index in [4.69, 9.17) is 0 Å². The Bertz CT molecular complexity index is 348. The Labute approximate surface area is 109 Å². The highest BCUT2D eigenvalue weighted by Gasteiger charge is 2.02. The molecule has 0 fully saturated rings. The first-order valence-corrected chi connectivity index (χ1v) is 6.21. The van der Waals surface area contributed by atoms with Crippen LogP contribution in [0.3, 0.4) is 0 Å². The molecule has 1 aromatic rings. The smallest absolute Gasteiger partial charge is 0.217 e. The Morgan fingerprint density at radius 3 is 2.22 bits per heavy atom. The number of ketones is 1. The number of hydrogen-bond acceptors (Lipinski definition) is 4. The Hall–Kier alpha value is -1.72. The first kappa shape index (κ1) is 18.6. The molecule has 1 amide bonds. The van der Waals surface area contributed by atoms with Gasteiger partial charge in [-0.3, -0.25) is 9.59 Å². The lowest BCUT2D eigenvalue weighted by atomic mass is 10.4. The number of Topliss-reactive ketones (excluding diaryl/α,β-unsaturated/α-hetero) is 1. The van der Waals surface area contributed by atoms with Gasteiger partial charge in [0.15, 0.2) is 5.78 Å². The molecule has 1 aromatic heterocycles. The third kappa shape index (κ3) is 9.50. The quantitative estimate of drug-likeness (QED) is 0.886. The van der Waals surface area contributed by atoms with E-state index in [-0.39, 0.29) is 18.2 Å². The van der Waals surface area contributed by atoms with Crippen LogP contribution in [0.5, 0.6) is 0 Å². The van der Waals surface area contributed by atoms with Crippen LogP contribution in [0.25, 0.3) is 0 Å². The molecule has 0 radical (unpaired) electrons. The van der Waals surface area contributed by atoms with Crippen molar-refractivity contribution in [2.45, 2.75) is 54.6 Å². The van der Waals surface area contributed by atoms with Gasteiger partial charge in [-0.05, 0) is 6.92 Å². The minimum atomic E-state index is -0.119. The van der Waals surface area contributed by atoms with Crippen LogP contribution < -0.4 is 5.32 Å². The van der Waals surface area contributed by atoms with Gasteiger partial charge in [-0.2, -0.15) is 0 Å². The molecule has 104 valence electrons. The maximum absolute atomic E-state index is 10.7. The van der Waals surface area contributed by atoms with Crippen LogP contribution in [-0.4, -0.2) is 26.7 Å². The molecule has 0 aliphatic rings. The summed E-state index contributed by atoms with van der Waals surface area (Å²) in [5.41, 5.74) is 0.640. The Balaban J connectivity index is 0. The number of rotatable bonds is 4. The highest BCUT2D eigenvalue weighted by Crippen LogP contribution is 1.92. The van der Waals surface area contributed by atoms with Crippen LogP contribution in [0.4, 0.5) is 0 Å². The van der Waals surface area contributed by atoms with Gasteiger partial charge in [0.05, 0.1) is 12.7 Å². The number of nitrogens with one attached hydrogen (secondary N) is 1. The van der Waals surface area contributed by atoms with Gasteiger partial charge < -0.3 is 5.32 Å². The Kier molecular flexibility index (Phi) is 12.2. The molecule has 0 aliphatic carbocycles. The lowest BCUT2D eigenvalue weighted by Gasteiger charge is -1.95. The summed E-state index contributed by atoms with van der Waals surface area (Å²) in [6.45, 7) is 11.5. The van der Waals surface area contributed by atoms with Crippen LogP contribution in [0.15, 0.2) is 6.20 Å². The second-order valence-electron chi connectivity index (χ2n) is 3.02. The number of carbonyl (C=O) groups excluding carboxylic acids is 2. The van der Waals surface area contributed by atoms with Crippen molar-refractivity contribution < 1.29 is 9.59 Å². The molecule has 6 nitrogen and oxygen atoms in total. The molecule has 6 heteroatoms. The summed E-state index contributed by atoms with van der Waals surface area (Å²) in [5.74, 6) is -0.105. The molecular formula is C12H24N4O2.